The largest absolute Gasteiger partial charge is 0.495 e. The zero-order valence-corrected chi connectivity index (χ0v) is 19.1. The number of fused-ring (bicyclic) bond motifs is 1. The number of rotatable bonds is 7. The summed E-state index contributed by atoms with van der Waals surface area (Å²) in [4.78, 5) is 28.9. The second kappa shape index (κ2) is 9.38. The van der Waals surface area contributed by atoms with Gasteiger partial charge in [0.15, 0.2) is 0 Å². The fourth-order valence-corrected chi connectivity index (χ4v) is 4.26. The maximum absolute atomic E-state index is 12.0. The Morgan fingerprint density at radius 2 is 2.03 bits per heavy atom. The molecule has 1 fully saturated rings. The van der Waals surface area contributed by atoms with Crippen molar-refractivity contribution in [2.75, 3.05) is 19.5 Å². The van der Waals surface area contributed by atoms with Crippen LogP contribution in [-0.4, -0.2) is 46.1 Å². The third-order valence-corrected chi connectivity index (χ3v) is 5.99. The van der Waals surface area contributed by atoms with Gasteiger partial charge in [-0.05, 0) is 49.9 Å². The van der Waals surface area contributed by atoms with Gasteiger partial charge in [0.25, 0.3) is 5.91 Å². The zero-order chi connectivity index (χ0) is 23.5. The van der Waals surface area contributed by atoms with Crippen LogP contribution in [0.1, 0.15) is 36.0 Å². The Labute approximate surface area is 196 Å². The predicted octanol–water partition coefficient (Wildman–Crippen LogP) is 4.45. The van der Waals surface area contributed by atoms with E-state index in [0.717, 1.165) is 42.2 Å². The maximum atomic E-state index is 12.0. The van der Waals surface area contributed by atoms with Gasteiger partial charge in [-0.2, -0.15) is 9.97 Å². The number of amides is 1. The van der Waals surface area contributed by atoms with Crippen LogP contribution in [0.4, 0.5) is 11.6 Å². The van der Waals surface area contributed by atoms with E-state index in [-0.39, 0.29) is 12.0 Å². The molecule has 0 atom stereocenters. The summed E-state index contributed by atoms with van der Waals surface area (Å²) in [7, 11) is 3.14. The molecule has 4 aromatic rings. The van der Waals surface area contributed by atoms with E-state index in [1.165, 1.54) is 0 Å². The van der Waals surface area contributed by atoms with Crippen molar-refractivity contribution >= 4 is 28.6 Å². The van der Waals surface area contributed by atoms with Crippen LogP contribution in [0.15, 0.2) is 48.9 Å². The van der Waals surface area contributed by atoms with E-state index in [9.17, 15) is 4.79 Å². The lowest BCUT2D eigenvalue weighted by molar-refractivity contribution is 0.0963. The number of nitrogens with zero attached hydrogens (tertiary/aromatic N) is 3. The molecule has 9 nitrogen and oxygen atoms in total. The van der Waals surface area contributed by atoms with Gasteiger partial charge < -0.3 is 25.1 Å². The van der Waals surface area contributed by atoms with Crippen molar-refractivity contribution in [2.45, 2.75) is 31.8 Å². The Hall–Kier alpha value is -4.14. The Bertz CT molecular complexity index is 1320. The summed E-state index contributed by atoms with van der Waals surface area (Å²) in [5.74, 6) is 1.21. The fraction of sp³-hybridized carbons (Fsp3) is 0.280. The van der Waals surface area contributed by atoms with Gasteiger partial charge in [-0.25, -0.2) is 0 Å². The molecule has 9 heteroatoms. The molecule has 0 bridgehead atoms. The number of pyridine rings is 1. The van der Waals surface area contributed by atoms with Crippen LogP contribution in [0, 0.1) is 0 Å². The number of nitrogens with one attached hydrogen (secondary N) is 3. The van der Waals surface area contributed by atoms with Crippen molar-refractivity contribution in [3.63, 3.8) is 0 Å². The van der Waals surface area contributed by atoms with Crippen LogP contribution >= 0.6 is 0 Å². The fourth-order valence-electron chi connectivity index (χ4n) is 4.26. The molecule has 0 radical (unpaired) electrons. The lowest BCUT2D eigenvalue weighted by Crippen LogP contribution is -2.17. The third kappa shape index (κ3) is 4.24. The molecular weight excluding hydrogens is 432 g/mol. The first kappa shape index (κ1) is 21.7. The lowest BCUT2D eigenvalue weighted by Gasteiger charge is -2.16. The standard InChI is InChI=1S/C25H26N6O3/c1-26-23(32)15-9-10-19(20(12-15)33-2)29-25-30-22-21(24(31-25)34-17-7-3-4-8-17)18(14-28-22)16-6-5-11-27-13-16/h5-6,9-14,17H,3-4,7-8H2,1-2H3,(H,26,32)(H2,28,29,30,31). The Morgan fingerprint density at radius 1 is 1.18 bits per heavy atom. The molecule has 0 aliphatic heterocycles. The molecule has 34 heavy (non-hydrogen) atoms. The van der Waals surface area contributed by atoms with E-state index in [0.29, 0.717) is 34.5 Å². The van der Waals surface area contributed by atoms with E-state index >= 15 is 0 Å². The second-order valence-corrected chi connectivity index (χ2v) is 8.16. The molecule has 3 N–H and O–H groups in total. The van der Waals surface area contributed by atoms with Gasteiger partial charge in [-0.1, -0.05) is 6.07 Å². The number of benzene rings is 1. The number of hydrogen-bond donors (Lipinski definition) is 3. The van der Waals surface area contributed by atoms with E-state index in [4.69, 9.17) is 14.5 Å². The van der Waals surface area contributed by atoms with Crippen molar-refractivity contribution in [3.8, 4) is 22.8 Å². The molecule has 1 aliphatic rings. The molecule has 3 heterocycles. The average Bonchev–Trinajstić information content (AvgIpc) is 3.54. The highest BCUT2D eigenvalue weighted by molar-refractivity contribution is 5.98. The molecule has 0 spiro atoms. The average molecular weight is 459 g/mol. The van der Waals surface area contributed by atoms with Crippen LogP contribution in [0.3, 0.4) is 0 Å². The van der Waals surface area contributed by atoms with Gasteiger partial charge in [0.2, 0.25) is 11.8 Å². The summed E-state index contributed by atoms with van der Waals surface area (Å²) in [5.41, 5.74) is 3.69. The predicted molar refractivity (Wildman–Crippen MR) is 130 cm³/mol. The van der Waals surface area contributed by atoms with E-state index in [1.54, 1.807) is 38.6 Å². The molecule has 174 valence electrons. The zero-order valence-electron chi connectivity index (χ0n) is 19.1. The Kier molecular flexibility index (Phi) is 5.99. The van der Waals surface area contributed by atoms with Crippen molar-refractivity contribution < 1.29 is 14.3 Å². The summed E-state index contributed by atoms with van der Waals surface area (Å²) < 4.78 is 11.9. The number of hydrogen-bond acceptors (Lipinski definition) is 7. The number of anilines is 2. The van der Waals surface area contributed by atoms with Crippen molar-refractivity contribution in [3.05, 3.63) is 54.5 Å². The lowest BCUT2D eigenvalue weighted by atomic mass is 10.1. The number of carbonyl (C=O) groups excluding carboxylic acids is 1. The van der Waals surface area contributed by atoms with Gasteiger partial charge in [0.1, 0.15) is 17.5 Å². The van der Waals surface area contributed by atoms with Crippen LogP contribution < -0.4 is 20.1 Å². The van der Waals surface area contributed by atoms with E-state index < -0.39 is 0 Å². The summed E-state index contributed by atoms with van der Waals surface area (Å²) >= 11 is 0. The van der Waals surface area contributed by atoms with Crippen LogP contribution in [0.5, 0.6) is 11.6 Å². The van der Waals surface area contributed by atoms with E-state index in [2.05, 4.69) is 25.6 Å². The Morgan fingerprint density at radius 3 is 2.76 bits per heavy atom. The monoisotopic (exact) mass is 458 g/mol. The minimum absolute atomic E-state index is 0.129. The number of carbonyl (C=O) groups is 1. The van der Waals surface area contributed by atoms with Gasteiger partial charge in [-0.15, -0.1) is 0 Å². The van der Waals surface area contributed by atoms with Gasteiger partial charge in [0, 0.05) is 42.3 Å². The van der Waals surface area contributed by atoms with Crippen molar-refractivity contribution in [1.29, 1.82) is 0 Å². The SMILES string of the molecule is CNC(=O)c1ccc(Nc2nc(OC3CCCC3)c3c(-c4cccnc4)c[nH]c3n2)c(OC)c1. The topological polar surface area (TPSA) is 114 Å². The number of aromatic nitrogens is 4. The third-order valence-electron chi connectivity index (χ3n) is 5.99. The molecular formula is C25H26N6O3. The first-order valence-corrected chi connectivity index (χ1v) is 11.3. The second-order valence-electron chi connectivity index (χ2n) is 8.16. The van der Waals surface area contributed by atoms with Gasteiger partial charge >= 0.3 is 0 Å². The normalized spacial score (nSPS) is 13.7. The molecule has 3 aromatic heterocycles. The molecule has 0 saturated heterocycles. The number of ether oxygens (including phenoxy) is 2. The Balaban J connectivity index is 1.55. The summed E-state index contributed by atoms with van der Waals surface area (Å²) in [6.07, 6.45) is 9.92. The molecule has 1 amide bonds. The molecule has 0 unspecified atom stereocenters. The first-order valence-electron chi connectivity index (χ1n) is 11.3. The van der Waals surface area contributed by atoms with Crippen LogP contribution in [-0.2, 0) is 0 Å². The highest BCUT2D eigenvalue weighted by atomic mass is 16.5. The minimum Gasteiger partial charge on any atom is -0.495 e. The van der Waals surface area contributed by atoms with Crippen molar-refractivity contribution in [2.24, 2.45) is 0 Å². The van der Waals surface area contributed by atoms with Crippen molar-refractivity contribution in [1.82, 2.24) is 25.3 Å². The number of methoxy groups -OCH3 is 1. The highest BCUT2D eigenvalue weighted by Crippen LogP contribution is 2.37. The van der Waals surface area contributed by atoms with Crippen LogP contribution in [0.25, 0.3) is 22.2 Å². The summed E-state index contributed by atoms with van der Waals surface area (Å²) in [5, 5.41) is 6.66. The number of H-pyrrole nitrogens is 1. The molecule has 1 aliphatic carbocycles. The summed E-state index contributed by atoms with van der Waals surface area (Å²) in [6.45, 7) is 0. The quantitative estimate of drug-likeness (QED) is 0.375. The maximum Gasteiger partial charge on any atom is 0.251 e. The smallest absolute Gasteiger partial charge is 0.251 e. The molecule has 1 aromatic carbocycles. The highest BCUT2D eigenvalue weighted by Gasteiger charge is 2.22. The minimum atomic E-state index is -0.191. The van der Waals surface area contributed by atoms with Gasteiger partial charge in [0.05, 0.1) is 18.2 Å². The summed E-state index contributed by atoms with van der Waals surface area (Å²) in [6, 6.07) is 9.06. The molecule has 1 saturated carbocycles. The van der Waals surface area contributed by atoms with E-state index in [1.807, 2.05) is 24.5 Å². The first-order chi connectivity index (χ1) is 16.7. The van der Waals surface area contributed by atoms with Gasteiger partial charge in [-0.3, -0.25) is 9.78 Å². The van der Waals surface area contributed by atoms with Crippen LogP contribution in [0.2, 0.25) is 0 Å². The molecule has 5 rings (SSSR count). The number of aromatic amines is 1.